The Hall–Kier alpha value is -1.69. The van der Waals surface area contributed by atoms with Crippen LogP contribution in [0.5, 0.6) is 0 Å². The topological polar surface area (TPSA) is 0 Å². The van der Waals surface area contributed by atoms with Crippen LogP contribution >= 0.6 is 0 Å². The summed E-state index contributed by atoms with van der Waals surface area (Å²) in [6.07, 6.45) is 23.2. The predicted molar refractivity (Wildman–Crippen MR) is 127 cm³/mol. The van der Waals surface area contributed by atoms with Gasteiger partial charge in [-0.05, 0) is 67.6 Å². The molecule has 3 rings (SSSR count). The summed E-state index contributed by atoms with van der Waals surface area (Å²) in [5.41, 5.74) is 0.157. The first-order chi connectivity index (χ1) is 15.5. The lowest BCUT2D eigenvalue weighted by Crippen LogP contribution is -2.17. The fourth-order valence-corrected chi connectivity index (χ4v) is 5.57. The molecule has 0 nitrogen and oxygen atoms in total. The Kier molecular flexibility index (Phi) is 10.2. The molecule has 2 fully saturated rings. The van der Waals surface area contributed by atoms with E-state index in [1.54, 1.807) is 6.08 Å². The van der Waals surface area contributed by atoms with Crippen molar-refractivity contribution in [3.8, 4) is 11.8 Å². The van der Waals surface area contributed by atoms with E-state index >= 15 is 0 Å². The lowest BCUT2D eigenvalue weighted by atomic mass is 9.75. The summed E-state index contributed by atoms with van der Waals surface area (Å²) in [5, 5.41) is 0. The SMILES string of the molecule is CCCCC[C@H]1CC[C@H](CC[C@H]2CC[C@H](C=CC#Cc3cc(F)c(F)c(F)c3)CC2)CC1. The zero-order valence-corrected chi connectivity index (χ0v) is 19.7. The summed E-state index contributed by atoms with van der Waals surface area (Å²) < 4.78 is 39.5. The van der Waals surface area contributed by atoms with E-state index in [-0.39, 0.29) is 5.56 Å². The van der Waals surface area contributed by atoms with E-state index in [1.807, 2.05) is 0 Å². The first-order valence-electron chi connectivity index (χ1n) is 12.9. The second-order valence-electron chi connectivity index (χ2n) is 10.1. The van der Waals surface area contributed by atoms with Crippen molar-refractivity contribution >= 4 is 0 Å². The van der Waals surface area contributed by atoms with Crippen LogP contribution in [-0.4, -0.2) is 0 Å². The Morgan fingerprint density at radius 2 is 1.31 bits per heavy atom. The largest absolute Gasteiger partial charge is 0.204 e. The predicted octanol–water partition coefficient (Wildman–Crippen LogP) is 8.98. The molecule has 0 heterocycles. The zero-order chi connectivity index (χ0) is 22.8. The molecule has 2 aliphatic carbocycles. The highest BCUT2D eigenvalue weighted by Crippen LogP contribution is 2.38. The van der Waals surface area contributed by atoms with Crippen LogP contribution in [-0.2, 0) is 0 Å². The van der Waals surface area contributed by atoms with E-state index < -0.39 is 17.5 Å². The summed E-state index contributed by atoms with van der Waals surface area (Å²) in [6, 6.07) is 1.87. The highest BCUT2D eigenvalue weighted by molar-refractivity contribution is 5.37. The average molecular weight is 445 g/mol. The van der Waals surface area contributed by atoms with Crippen LogP contribution in [0.15, 0.2) is 24.3 Å². The smallest absolute Gasteiger partial charge is 0.194 e. The molecule has 0 radical (unpaired) electrons. The van der Waals surface area contributed by atoms with Crippen LogP contribution in [0.4, 0.5) is 13.2 Å². The van der Waals surface area contributed by atoms with Crippen LogP contribution in [0.1, 0.15) is 102 Å². The van der Waals surface area contributed by atoms with Crippen molar-refractivity contribution in [3.63, 3.8) is 0 Å². The van der Waals surface area contributed by atoms with Gasteiger partial charge in [-0.3, -0.25) is 0 Å². The van der Waals surface area contributed by atoms with Gasteiger partial charge in [0.2, 0.25) is 0 Å². The average Bonchev–Trinajstić information content (AvgIpc) is 2.80. The lowest BCUT2D eigenvalue weighted by molar-refractivity contribution is 0.219. The monoisotopic (exact) mass is 444 g/mol. The second kappa shape index (κ2) is 13.1. The molecule has 1 aromatic carbocycles. The molecular formula is C29H39F3. The Morgan fingerprint density at radius 3 is 1.88 bits per heavy atom. The molecule has 0 aromatic heterocycles. The van der Waals surface area contributed by atoms with Gasteiger partial charge in [-0.1, -0.05) is 89.0 Å². The van der Waals surface area contributed by atoms with E-state index in [1.165, 1.54) is 89.9 Å². The molecule has 0 spiro atoms. The summed E-state index contributed by atoms with van der Waals surface area (Å²) in [6.45, 7) is 2.29. The molecule has 0 bridgehead atoms. The molecule has 0 unspecified atom stereocenters. The number of hydrogen-bond donors (Lipinski definition) is 0. The molecule has 2 aliphatic rings. The minimum atomic E-state index is -1.45. The highest BCUT2D eigenvalue weighted by Gasteiger charge is 2.24. The van der Waals surface area contributed by atoms with E-state index in [4.69, 9.17) is 0 Å². The van der Waals surface area contributed by atoms with Crippen molar-refractivity contribution in [3.05, 3.63) is 47.3 Å². The van der Waals surface area contributed by atoms with Crippen LogP contribution in [0, 0.1) is 53.0 Å². The van der Waals surface area contributed by atoms with Gasteiger partial charge >= 0.3 is 0 Å². The van der Waals surface area contributed by atoms with Gasteiger partial charge in [-0.25, -0.2) is 13.2 Å². The van der Waals surface area contributed by atoms with Gasteiger partial charge in [0.05, 0.1) is 0 Å². The van der Waals surface area contributed by atoms with Gasteiger partial charge in [-0.15, -0.1) is 0 Å². The third kappa shape index (κ3) is 8.02. The first kappa shape index (κ1) is 24.9. The summed E-state index contributed by atoms with van der Waals surface area (Å²) in [7, 11) is 0. The molecule has 0 atom stereocenters. The normalized spacial score (nSPS) is 26.1. The molecule has 176 valence electrons. The first-order valence-corrected chi connectivity index (χ1v) is 12.9. The molecule has 2 saturated carbocycles. The van der Waals surface area contributed by atoms with Crippen molar-refractivity contribution in [1.29, 1.82) is 0 Å². The number of hydrogen-bond acceptors (Lipinski definition) is 0. The van der Waals surface area contributed by atoms with Gasteiger partial charge in [-0.2, -0.15) is 0 Å². The summed E-state index contributed by atoms with van der Waals surface area (Å²) in [5.74, 6) is 5.07. The molecule has 32 heavy (non-hydrogen) atoms. The van der Waals surface area contributed by atoms with Crippen molar-refractivity contribution in [2.24, 2.45) is 23.7 Å². The minimum Gasteiger partial charge on any atom is -0.204 e. The molecule has 3 heteroatoms. The molecule has 1 aromatic rings. The second-order valence-corrected chi connectivity index (χ2v) is 10.1. The maximum atomic E-state index is 13.2. The van der Waals surface area contributed by atoms with E-state index in [9.17, 15) is 13.2 Å². The molecule has 0 N–H and O–H groups in total. The van der Waals surface area contributed by atoms with Gasteiger partial charge in [0, 0.05) is 5.56 Å². The third-order valence-electron chi connectivity index (χ3n) is 7.71. The minimum absolute atomic E-state index is 0.157. The fourth-order valence-electron chi connectivity index (χ4n) is 5.57. The standard InChI is InChI=1S/C29H39F3/c1-2-3-4-7-22-10-14-24(15-11-22)18-19-25-16-12-23(13-17-25)8-5-6-9-26-20-27(30)29(32)28(31)21-26/h5,8,20-25H,2-4,7,10-19H2,1H3/t22-,23-,24-,25-. The maximum Gasteiger partial charge on any atom is 0.194 e. The lowest BCUT2D eigenvalue weighted by Gasteiger charge is -2.31. The van der Waals surface area contributed by atoms with Crippen LogP contribution in [0.25, 0.3) is 0 Å². The summed E-state index contributed by atoms with van der Waals surface area (Å²) >= 11 is 0. The van der Waals surface area contributed by atoms with E-state index in [2.05, 4.69) is 24.8 Å². The Morgan fingerprint density at radius 1 is 0.781 bits per heavy atom. The Balaban J connectivity index is 1.31. The van der Waals surface area contributed by atoms with E-state index in [0.717, 1.165) is 29.9 Å². The zero-order valence-electron chi connectivity index (χ0n) is 19.7. The van der Waals surface area contributed by atoms with Crippen molar-refractivity contribution in [2.45, 2.75) is 96.8 Å². The molecule has 0 aliphatic heterocycles. The third-order valence-corrected chi connectivity index (χ3v) is 7.71. The number of unbranched alkanes of at least 4 members (excludes halogenated alkanes) is 2. The maximum absolute atomic E-state index is 13.2. The van der Waals surface area contributed by atoms with Gasteiger partial charge in [0.1, 0.15) is 0 Å². The van der Waals surface area contributed by atoms with Crippen LogP contribution in [0.2, 0.25) is 0 Å². The van der Waals surface area contributed by atoms with Crippen molar-refractivity contribution in [1.82, 2.24) is 0 Å². The van der Waals surface area contributed by atoms with Gasteiger partial charge in [0.25, 0.3) is 0 Å². The van der Waals surface area contributed by atoms with E-state index in [0.29, 0.717) is 5.92 Å². The molecular weight excluding hydrogens is 405 g/mol. The number of benzene rings is 1. The van der Waals surface area contributed by atoms with Gasteiger partial charge < -0.3 is 0 Å². The molecule has 0 amide bonds. The van der Waals surface area contributed by atoms with Gasteiger partial charge in [0.15, 0.2) is 17.5 Å². The summed E-state index contributed by atoms with van der Waals surface area (Å²) in [4.78, 5) is 0. The Labute approximate surface area is 193 Å². The van der Waals surface area contributed by atoms with Crippen LogP contribution in [0.3, 0.4) is 0 Å². The number of rotatable bonds is 8. The quantitative estimate of drug-likeness (QED) is 0.213. The van der Waals surface area contributed by atoms with Crippen molar-refractivity contribution in [2.75, 3.05) is 0 Å². The fraction of sp³-hybridized carbons (Fsp3) is 0.655. The number of allylic oxidation sites excluding steroid dienone is 2. The van der Waals surface area contributed by atoms with Crippen LogP contribution < -0.4 is 0 Å². The molecule has 0 saturated heterocycles. The van der Waals surface area contributed by atoms with Crippen molar-refractivity contribution < 1.29 is 13.2 Å². The Bertz CT molecular complexity index is 761. The number of halogens is 3. The highest BCUT2D eigenvalue weighted by atomic mass is 19.2.